The smallest absolute Gasteiger partial charge is 0.266 e. The van der Waals surface area contributed by atoms with Crippen molar-refractivity contribution in [3.63, 3.8) is 0 Å². The Hall–Kier alpha value is -1.73. The Labute approximate surface area is 143 Å². The molecule has 23 heavy (non-hydrogen) atoms. The van der Waals surface area contributed by atoms with Gasteiger partial charge in [0.05, 0.1) is 5.69 Å². The van der Waals surface area contributed by atoms with Crippen LogP contribution in [0.4, 0.5) is 0 Å². The summed E-state index contributed by atoms with van der Waals surface area (Å²) in [6, 6.07) is 1.66. The molecule has 0 radical (unpaired) electrons. The van der Waals surface area contributed by atoms with Crippen molar-refractivity contribution in [3.8, 4) is 10.6 Å². The first kappa shape index (κ1) is 16.1. The summed E-state index contributed by atoms with van der Waals surface area (Å²) in [6.45, 7) is 2.49. The number of rotatable bonds is 3. The van der Waals surface area contributed by atoms with E-state index in [-0.39, 0.29) is 17.9 Å². The second-order valence-corrected chi connectivity index (χ2v) is 7.61. The van der Waals surface area contributed by atoms with Crippen LogP contribution < -0.4 is 0 Å². The first-order valence-electron chi connectivity index (χ1n) is 7.51. The quantitative estimate of drug-likeness (QED) is 0.856. The molecule has 0 saturated carbocycles. The van der Waals surface area contributed by atoms with Gasteiger partial charge in [0.2, 0.25) is 5.91 Å². The summed E-state index contributed by atoms with van der Waals surface area (Å²) in [5.41, 5.74) is 1.79. The van der Waals surface area contributed by atoms with Gasteiger partial charge in [-0.1, -0.05) is 0 Å². The van der Waals surface area contributed by atoms with Crippen LogP contribution in [0, 0.1) is 6.92 Å². The number of thiophene rings is 1. The zero-order valence-corrected chi connectivity index (χ0v) is 15.0. The Morgan fingerprint density at radius 3 is 2.83 bits per heavy atom. The fourth-order valence-corrected chi connectivity index (χ4v) is 4.53. The third kappa shape index (κ3) is 3.03. The number of likely N-dealkylation sites (N-methyl/N-ethyl adjacent to an activating group) is 1. The highest BCUT2D eigenvalue weighted by molar-refractivity contribution is 7.17. The lowest BCUT2D eigenvalue weighted by molar-refractivity contribution is -0.132. The molecule has 1 aliphatic heterocycles. The molecule has 1 atom stereocenters. The molecule has 1 unspecified atom stereocenters. The second kappa shape index (κ2) is 6.41. The predicted molar refractivity (Wildman–Crippen MR) is 92.9 cm³/mol. The van der Waals surface area contributed by atoms with Gasteiger partial charge in [-0.3, -0.25) is 9.59 Å². The Morgan fingerprint density at radius 1 is 1.39 bits per heavy atom. The van der Waals surface area contributed by atoms with Crippen molar-refractivity contribution in [2.45, 2.75) is 25.8 Å². The van der Waals surface area contributed by atoms with Crippen molar-refractivity contribution < 1.29 is 9.59 Å². The minimum Gasteiger partial charge on any atom is -0.347 e. The van der Waals surface area contributed by atoms with Gasteiger partial charge in [0.15, 0.2) is 0 Å². The molecule has 5 nitrogen and oxygen atoms in total. The first-order valence-corrected chi connectivity index (χ1v) is 9.27. The van der Waals surface area contributed by atoms with Gasteiger partial charge in [-0.2, -0.15) is 11.3 Å². The fraction of sp³-hybridized carbons (Fsp3) is 0.438. The van der Waals surface area contributed by atoms with E-state index < -0.39 is 0 Å². The van der Waals surface area contributed by atoms with Crippen LogP contribution >= 0.6 is 22.7 Å². The number of carbonyl (C=O) groups is 2. The molecule has 1 saturated heterocycles. The van der Waals surface area contributed by atoms with Crippen LogP contribution in [0.15, 0.2) is 16.8 Å². The van der Waals surface area contributed by atoms with Gasteiger partial charge in [0, 0.05) is 31.6 Å². The van der Waals surface area contributed by atoms with E-state index in [1.807, 2.05) is 23.8 Å². The van der Waals surface area contributed by atoms with Crippen LogP contribution in [0.2, 0.25) is 0 Å². The van der Waals surface area contributed by atoms with Crippen molar-refractivity contribution in [1.29, 1.82) is 0 Å². The molecule has 1 fully saturated rings. The first-order chi connectivity index (χ1) is 11.0. The molecule has 3 rings (SSSR count). The van der Waals surface area contributed by atoms with Crippen LogP contribution in [0.25, 0.3) is 10.6 Å². The summed E-state index contributed by atoms with van der Waals surface area (Å²) in [4.78, 5) is 33.7. The maximum absolute atomic E-state index is 12.9. The van der Waals surface area contributed by atoms with Gasteiger partial charge in [-0.05, 0) is 31.2 Å². The number of aryl methyl sites for hydroxylation is 1. The maximum Gasteiger partial charge on any atom is 0.266 e. The molecular formula is C16H19N3O2S2. The Kier molecular flexibility index (Phi) is 4.50. The van der Waals surface area contributed by atoms with E-state index in [4.69, 9.17) is 0 Å². The average molecular weight is 349 g/mol. The summed E-state index contributed by atoms with van der Waals surface area (Å²) in [5.74, 6) is -0.0738. The molecule has 7 heteroatoms. The van der Waals surface area contributed by atoms with Crippen LogP contribution in [0.1, 0.15) is 28.2 Å². The summed E-state index contributed by atoms with van der Waals surface area (Å²) in [7, 11) is 3.46. The van der Waals surface area contributed by atoms with Crippen LogP contribution in [0.3, 0.4) is 0 Å². The largest absolute Gasteiger partial charge is 0.347 e. The van der Waals surface area contributed by atoms with Crippen molar-refractivity contribution >= 4 is 34.5 Å². The lowest BCUT2D eigenvalue weighted by Crippen LogP contribution is -2.45. The van der Waals surface area contributed by atoms with E-state index in [0.717, 1.165) is 29.1 Å². The standard InChI is InChI=1S/C16H19N3O2S2/c1-10-13(23-14(17-10)11-6-8-22-9-11)16(21)19-7-4-5-12(19)15(20)18(2)3/h6,8-9,12H,4-5,7H2,1-3H3. The number of nitrogens with zero attached hydrogens (tertiary/aromatic N) is 3. The van der Waals surface area contributed by atoms with E-state index in [2.05, 4.69) is 4.98 Å². The molecule has 0 aromatic carbocycles. The maximum atomic E-state index is 12.9. The molecule has 2 aromatic rings. The van der Waals surface area contributed by atoms with Crippen molar-refractivity contribution in [2.75, 3.05) is 20.6 Å². The number of hydrogen-bond donors (Lipinski definition) is 0. The van der Waals surface area contributed by atoms with Gasteiger partial charge in [0.25, 0.3) is 5.91 Å². The zero-order chi connectivity index (χ0) is 16.6. The summed E-state index contributed by atoms with van der Waals surface area (Å²) < 4.78 is 0. The second-order valence-electron chi connectivity index (χ2n) is 5.83. The number of hydrogen-bond acceptors (Lipinski definition) is 5. The highest BCUT2D eigenvalue weighted by atomic mass is 32.1. The lowest BCUT2D eigenvalue weighted by Gasteiger charge is -2.25. The molecule has 0 N–H and O–H groups in total. The van der Waals surface area contributed by atoms with Crippen molar-refractivity contribution in [2.24, 2.45) is 0 Å². The molecule has 122 valence electrons. The van der Waals surface area contributed by atoms with Crippen LogP contribution in [-0.2, 0) is 4.79 Å². The third-order valence-electron chi connectivity index (χ3n) is 4.00. The molecule has 2 aromatic heterocycles. The van der Waals surface area contributed by atoms with E-state index in [1.54, 1.807) is 35.2 Å². The van der Waals surface area contributed by atoms with Crippen LogP contribution in [0.5, 0.6) is 0 Å². The average Bonchev–Trinajstić information content (AvgIpc) is 3.25. The molecule has 0 aliphatic carbocycles. The van der Waals surface area contributed by atoms with Crippen molar-refractivity contribution in [1.82, 2.24) is 14.8 Å². The highest BCUT2D eigenvalue weighted by Crippen LogP contribution is 2.31. The molecule has 0 bridgehead atoms. The Morgan fingerprint density at radius 2 is 2.17 bits per heavy atom. The van der Waals surface area contributed by atoms with Gasteiger partial charge in [-0.25, -0.2) is 4.98 Å². The monoisotopic (exact) mass is 349 g/mol. The van der Waals surface area contributed by atoms with E-state index in [9.17, 15) is 9.59 Å². The van der Waals surface area contributed by atoms with E-state index in [0.29, 0.717) is 11.4 Å². The highest BCUT2D eigenvalue weighted by Gasteiger charge is 2.36. The molecular weight excluding hydrogens is 330 g/mol. The normalized spacial score (nSPS) is 17.5. The third-order valence-corrected chi connectivity index (χ3v) is 5.88. The number of amides is 2. The summed E-state index contributed by atoms with van der Waals surface area (Å²) in [6.07, 6.45) is 1.60. The number of carbonyl (C=O) groups excluding carboxylic acids is 2. The Bertz CT molecular complexity index is 722. The number of aromatic nitrogens is 1. The number of thiazole rings is 1. The molecule has 3 heterocycles. The van der Waals surface area contributed by atoms with E-state index >= 15 is 0 Å². The zero-order valence-electron chi connectivity index (χ0n) is 13.4. The van der Waals surface area contributed by atoms with Gasteiger partial charge in [0.1, 0.15) is 15.9 Å². The van der Waals surface area contributed by atoms with Gasteiger partial charge >= 0.3 is 0 Å². The Balaban J connectivity index is 1.87. The molecule has 2 amide bonds. The van der Waals surface area contributed by atoms with E-state index in [1.165, 1.54) is 11.3 Å². The van der Waals surface area contributed by atoms with Crippen molar-refractivity contribution in [3.05, 3.63) is 27.4 Å². The van der Waals surface area contributed by atoms with Gasteiger partial charge < -0.3 is 9.80 Å². The topological polar surface area (TPSA) is 53.5 Å². The summed E-state index contributed by atoms with van der Waals surface area (Å²) in [5, 5.41) is 4.89. The predicted octanol–water partition coefficient (Wildman–Crippen LogP) is 2.87. The molecule has 1 aliphatic rings. The number of likely N-dealkylation sites (tertiary alicyclic amines) is 1. The van der Waals surface area contributed by atoms with Gasteiger partial charge in [-0.15, -0.1) is 11.3 Å². The lowest BCUT2D eigenvalue weighted by atomic mass is 10.2. The van der Waals surface area contributed by atoms with Crippen LogP contribution in [-0.4, -0.2) is 53.3 Å². The molecule has 0 spiro atoms. The summed E-state index contributed by atoms with van der Waals surface area (Å²) >= 11 is 3.03. The minimum absolute atomic E-state index is 0.00363. The SMILES string of the molecule is Cc1nc(-c2ccsc2)sc1C(=O)N1CCCC1C(=O)N(C)C. The minimum atomic E-state index is -0.344. The fourth-order valence-electron chi connectivity index (χ4n) is 2.80.